The molecular weight excluding hydrogens is 463 g/mol. The van der Waals surface area contributed by atoms with Gasteiger partial charge in [-0.1, -0.05) is 59.6 Å². The number of nitrogens with one attached hydrogen (secondary N) is 2. The van der Waals surface area contributed by atoms with Crippen molar-refractivity contribution < 1.29 is 4.74 Å². The lowest BCUT2D eigenvalue weighted by Gasteiger charge is -2.24. The van der Waals surface area contributed by atoms with Crippen molar-refractivity contribution in [3.05, 3.63) is 93.1 Å². The van der Waals surface area contributed by atoms with Gasteiger partial charge in [-0.05, 0) is 34.5 Å². The molecule has 0 unspecified atom stereocenters. The van der Waals surface area contributed by atoms with Gasteiger partial charge in [-0.2, -0.15) is 0 Å². The fraction of sp³-hybridized carbons (Fsp3) is 0. The van der Waals surface area contributed by atoms with Gasteiger partial charge < -0.3 is 10.5 Å². The molecule has 10 heteroatoms. The van der Waals surface area contributed by atoms with E-state index in [0.29, 0.717) is 17.1 Å². The van der Waals surface area contributed by atoms with E-state index in [0.717, 1.165) is 16.3 Å². The first-order valence-corrected chi connectivity index (χ1v) is 10.5. The van der Waals surface area contributed by atoms with Crippen LogP contribution in [-0.4, -0.2) is 16.5 Å². The quantitative estimate of drug-likeness (QED) is 0.388. The third-order valence-corrected chi connectivity index (χ3v) is 5.50. The number of H-pyrrole nitrogens is 1. The summed E-state index contributed by atoms with van der Waals surface area (Å²) in [7, 11) is 0. The molecule has 0 amide bonds. The highest BCUT2D eigenvalue weighted by molar-refractivity contribution is 6.37. The number of nitrogens with zero attached hydrogens (tertiary/aromatic N) is 3. The average molecular weight is 479 g/mol. The zero-order valence-electron chi connectivity index (χ0n) is 16.9. The standard InChI is InChI=1S/C23H16Cl2N6O2/c24-18-8-16(31-12-27-11-20(26)30-31)9-19(25)22(18)33-23-17(10-21(32)28-29-23)15-6-5-13-3-1-2-4-14(13)7-15/h1-12,30H,26H2,(H,28,32). The lowest BCUT2D eigenvalue weighted by atomic mass is 10.0. The number of fused-ring (bicyclic) bond motifs is 1. The first kappa shape index (κ1) is 20.9. The van der Waals surface area contributed by atoms with Gasteiger partial charge in [0.05, 0.1) is 27.5 Å². The van der Waals surface area contributed by atoms with E-state index in [9.17, 15) is 4.79 Å². The summed E-state index contributed by atoms with van der Waals surface area (Å²) in [6.45, 7) is 0. The first-order chi connectivity index (χ1) is 16.0. The summed E-state index contributed by atoms with van der Waals surface area (Å²) >= 11 is 13.0. The van der Waals surface area contributed by atoms with Gasteiger partial charge in [-0.3, -0.25) is 10.2 Å². The maximum Gasteiger partial charge on any atom is 0.265 e. The minimum atomic E-state index is -0.362. The Hall–Kier alpha value is -4.01. The molecule has 0 spiro atoms. The number of benzene rings is 3. The molecule has 4 N–H and O–H groups in total. The van der Waals surface area contributed by atoms with Crippen LogP contribution in [0.15, 0.2) is 82.5 Å². The summed E-state index contributed by atoms with van der Waals surface area (Å²) < 4.78 is 6.00. The number of aliphatic imine (C=N–C) groups is 1. The van der Waals surface area contributed by atoms with Crippen molar-refractivity contribution in [1.29, 1.82) is 0 Å². The number of halogens is 2. The van der Waals surface area contributed by atoms with Crippen LogP contribution in [0.2, 0.25) is 10.0 Å². The number of ether oxygens (including phenoxy) is 1. The Morgan fingerprint density at radius 3 is 2.48 bits per heavy atom. The van der Waals surface area contributed by atoms with Gasteiger partial charge in [0, 0.05) is 6.07 Å². The second-order valence-corrected chi connectivity index (χ2v) is 8.00. The molecule has 33 heavy (non-hydrogen) atoms. The molecule has 0 bridgehead atoms. The highest BCUT2D eigenvalue weighted by atomic mass is 35.5. The lowest BCUT2D eigenvalue weighted by molar-refractivity contribution is 0.457. The number of aromatic nitrogens is 2. The number of hydrazine groups is 1. The molecular formula is C23H16Cl2N6O2. The van der Waals surface area contributed by atoms with Crippen molar-refractivity contribution in [2.75, 3.05) is 5.01 Å². The summed E-state index contributed by atoms with van der Waals surface area (Å²) in [5, 5.41) is 10.6. The number of anilines is 1. The predicted molar refractivity (Wildman–Crippen MR) is 131 cm³/mol. The molecule has 3 aromatic carbocycles. The molecule has 0 atom stereocenters. The highest BCUT2D eigenvalue weighted by Crippen LogP contribution is 2.41. The van der Waals surface area contributed by atoms with E-state index in [-0.39, 0.29) is 27.2 Å². The summed E-state index contributed by atoms with van der Waals surface area (Å²) in [5.41, 5.74) is 10.2. The van der Waals surface area contributed by atoms with E-state index in [4.69, 9.17) is 33.7 Å². The maximum absolute atomic E-state index is 12.0. The topological polar surface area (TPSA) is 109 Å². The number of hydrogen-bond donors (Lipinski definition) is 3. The molecule has 0 fully saturated rings. The van der Waals surface area contributed by atoms with Crippen LogP contribution in [0.1, 0.15) is 0 Å². The molecule has 8 nitrogen and oxygen atoms in total. The number of hydrogen-bond acceptors (Lipinski definition) is 7. The van der Waals surface area contributed by atoms with Crippen molar-refractivity contribution in [3.8, 4) is 22.8 Å². The molecule has 1 aliphatic heterocycles. The molecule has 0 radical (unpaired) electrons. The smallest absolute Gasteiger partial charge is 0.265 e. The second-order valence-electron chi connectivity index (χ2n) is 7.18. The van der Waals surface area contributed by atoms with Gasteiger partial charge in [-0.25, -0.2) is 15.1 Å². The molecule has 2 heterocycles. The minimum Gasteiger partial charge on any atom is -0.434 e. The molecule has 1 aromatic heterocycles. The zero-order chi connectivity index (χ0) is 22.9. The van der Waals surface area contributed by atoms with Crippen molar-refractivity contribution in [3.63, 3.8) is 0 Å². The Morgan fingerprint density at radius 2 is 1.73 bits per heavy atom. The van der Waals surface area contributed by atoms with Crippen molar-refractivity contribution >= 4 is 46.0 Å². The van der Waals surface area contributed by atoms with Crippen LogP contribution in [0.4, 0.5) is 5.69 Å². The van der Waals surface area contributed by atoms with Gasteiger partial charge in [-0.15, -0.1) is 5.10 Å². The van der Waals surface area contributed by atoms with Crippen molar-refractivity contribution in [2.45, 2.75) is 0 Å². The molecule has 164 valence electrons. The third kappa shape index (κ3) is 4.21. The Labute approximate surface area is 197 Å². The van der Waals surface area contributed by atoms with Gasteiger partial charge in [0.15, 0.2) is 5.75 Å². The van der Waals surface area contributed by atoms with Crippen LogP contribution in [0.25, 0.3) is 21.9 Å². The molecule has 5 rings (SSSR count). The van der Waals surface area contributed by atoms with Crippen molar-refractivity contribution in [1.82, 2.24) is 15.6 Å². The van der Waals surface area contributed by atoms with E-state index in [2.05, 4.69) is 20.6 Å². The summed E-state index contributed by atoms with van der Waals surface area (Å²) in [5.74, 6) is 0.718. The first-order valence-electron chi connectivity index (χ1n) is 9.78. The van der Waals surface area contributed by atoms with Gasteiger partial charge in [0.25, 0.3) is 5.56 Å². The fourth-order valence-corrected chi connectivity index (χ4v) is 3.97. The second kappa shape index (κ2) is 8.50. The average Bonchev–Trinajstić information content (AvgIpc) is 2.81. The summed E-state index contributed by atoms with van der Waals surface area (Å²) in [6, 6.07) is 18.5. The molecule has 1 aliphatic rings. The summed E-state index contributed by atoms with van der Waals surface area (Å²) in [6.07, 6.45) is 3.01. The van der Waals surface area contributed by atoms with Gasteiger partial charge in [0.1, 0.15) is 12.2 Å². The Bertz CT molecular complexity index is 1480. The van der Waals surface area contributed by atoms with Gasteiger partial charge >= 0.3 is 0 Å². The van der Waals surface area contributed by atoms with E-state index >= 15 is 0 Å². The molecule has 0 saturated heterocycles. The van der Waals surface area contributed by atoms with Crippen LogP contribution in [0.3, 0.4) is 0 Å². The number of aromatic amines is 1. The number of rotatable bonds is 4. The lowest BCUT2D eigenvalue weighted by Crippen LogP contribution is -2.40. The third-order valence-electron chi connectivity index (χ3n) is 4.94. The Balaban J connectivity index is 1.53. The van der Waals surface area contributed by atoms with Crippen LogP contribution < -0.4 is 26.5 Å². The normalized spacial score (nSPS) is 13.0. The zero-order valence-corrected chi connectivity index (χ0v) is 18.4. The van der Waals surface area contributed by atoms with Gasteiger partial charge in [0.2, 0.25) is 5.88 Å². The van der Waals surface area contributed by atoms with E-state index in [1.54, 1.807) is 17.1 Å². The highest BCUT2D eigenvalue weighted by Gasteiger charge is 2.18. The van der Waals surface area contributed by atoms with Crippen LogP contribution in [0, 0.1) is 0 Å². The predicted octanol–water partition coefficient (Wildman–Crippen LogP) is 4.80. The minimum absolute atomic E-state index is 0.159. The Kier molecular flexibility index (Phi) is 5.37. The monoisotopic (exact) mass is 478 g/mol. The van der Waals surface area contributed by atoms with E-state index < -0.39 is 0 Å². The number of nitrogens with two attached hydrogens (primary N) is 1. The van der Waals surface area contributed by atoms with Crippen LogP contribution in [0.5, 0.6) is 11.6 Å². The fourth-order valence-electron chi connectivity index (χ4n) is 3.42. The summed E-state index contributed by atoms with van der Waals surface area (Å²) in [4.78, 5) is 16.1. The molecule has 4 aromatic rings. The van der Waals surface area contributed by atoms with Crippen molar-refractivity contribution in [2.24, 2.45) is 10.7 Å². The van der Waals surface area contributed by atoms with E-state index in [1.807, 2.05) is 42.5 Å². The Morgan fingerprint density at radius 1 is 0.970 bits per heavy atom. The molecule has 0 saturated carbocycles. The van der Waals surface area contributed by atoms with E-state index in [1.165, 1.54) is 18.6 Å². The largest absolute Gasteiger partial charge is 0.434 e. The maximum atomic E-state index is 12.0. The molecule has 0 aliphatic carbocycles. The van der Waals surface area contributed by atoms with Crippen LogP contribution in [-0.2, 0) is 0 Å². The SMILES string of the molecule is NC1=CN=CN(c2cc(Cl)c(Oc3n[nH]c(=O)cc3-c3ccc4ccccc4c3)c(Cl)c2)N1. The van der Waals surface area contributed by atoms with Crippen LogP contribution >= 0.6 is 23.2 Å².